The Morgan fingerprint density at radius 1 is 1.30 bits per heavy atom. The predicted octanol–water partition coefficient (Wildman–Crippen LogP) is 3.75. The maximum atomic E-state index is 11.8. The average Bonchev–Trinajstić information content (AvgIpc) is 3.08. The molecule has 1 atom stereocenters. The van der Waals surface area contributed by atoms with Gasteiger partial charge in [-0.3, -0.25) is 4.79 Å². The lowest BCUT2D eigenvalue weighted by atomic mass is 10.00. The van der Waals surface area contributed by atoms with Crippen molar-refractivity contribution in [2.45, 2.75) is 26.3 Å². The highest BCUT2D eigenvalue weighted by Gasteiger charge is 2.31. The third-order valence-electron chi connectivity index (χ3n) is 3.50. The zero-order chi connectivity index (χ0) is 14.1. The van der Waals surface area contributed by atoms with Crippen LogP contribution in [0.15, 0.2) is 46.9 Å². The molecule has 1 aromatic heterocycles. The molecule has 0 saturated carbocycles. The summed E-state index contributed by atoms with van der Waals surface area (Å²) < 4.78 is 0. The normalized spacial score (nSPS) is 18.2. The zero-order valence-electron chi connectivity index (χ0n) is 11.5. The molecule has 102 valence electrons. The monoisotopic (exact) mass is 284 g/mol. The SMILES string of the molecule is CC(=O)N1N=C(c2cccs2)CC1c1ccc(C)cc1. The largest absolute Gasteiger partial charge is 0.273 e. The molecule has 1 aliphatic rings. The summed E-state index contributed by atoms with van der Waals surface area (Å²) in [5.41, 5.74) is 3.36. The summed E-state index contributed by atoms with van der Waals surface area (Å²) in [4.78, 5) is 13.0. The first-order valence-electron chi connectivity index (χ1n) is 6.63. The van der Waals surface area contributed by atoms with Gasteiger partial charge in [0.1, 0.15) is 0 Å². The first-order chi connectivity index (χ1) is 9.65. The van der Waals surface area contributed by atoms with E-state index >= 15 is 0 Å². The summed E-state index contributed by atoms with van der Waals surface area (Å²) in [7, 11) is 0. The summed E-state index contributed by atoms with van der Waals surface area (Å²) in [5.74, 6) is -0.0119. The van der Waals surface area contributed by atoms with Gasteiger partial charge in [0.15, 0.2) is 0 Å². The van der Waals surface area contributed by atoms with Crippen molar-refractivity contribution in [1.82, 2.24) is 5.01 Å². The fourth-order valence-electron chi connectivity index (χ4n) is 2.44. The molecule has 0 radical (unpaired) electrons. The van der Waals surface area contributed by atoms with Gasteiger partial charge in [-0.2, -0.15) is 5.10 Å². The lowest BCUT2D eigenvalue weighted by molar-refractivity contribution is -0.130. The number of hydrogen-bond donors (Lipinski definition) is 0. The van der Waals surface area contributed by atoms with Crippen LogP contribution in [0.25, 0.3) is 0 Å². The average molecular weight is 284 g/mol. The number of hydrazone groups is 1. The first kappa shape index (κ1) is 13.1. The van der Waals surface area contributed by atoms with E-state index in [-0.39, 0.29) is 11.9 Å². The molecular formula is C16H16N2OS. The molecule has 3 nitrogen and oxygen atoms in total. The molecule has 1 aromatic carbocycles. The molecule has 1 unspecified atom stereocenters. The van der Waals surface area contributed by atoms with Crippen molar-refractivity contribution in [3.63, 3.8) is 0 Å². The van der Waals surface area contributed by atoms with Gasteiger partial charge in [-0.1, -0.05) is 35.9 Å². The predicted molar refractivity (Wildman–Crippen MR) is 81.9 cm³/mol. The molecule has 1 aliphatic heterocycles. The van der Waals surface area contributed by atoms with E-state index in [9.17, 15) is 4.79 Å². The smallest absolute Gasteiger partial charge is 0.240 e. The van der Waals surface area contributed by atoms with E-state index in [4.69, 9.17) is 0 Å². The molecule has 0 saturated heterocycles. The van der Waals surface area contributed by atoms with Gasteiger partial charge in [0, 0.05) is 13.3 Å². The molecule has 4 heteroatoms. The highest BCUT2D eigenvalue weighted by molar-refractivity contribution is 7.12. The lowest BCUT2D eigenvalue weighted by Crippen LogP contribution is -2.24. The third-order valence-corrected chi connectivity index (χ3v) is 4.42. The fraction of sp³-hybridized carbons (Fsp3) is 0.250. The van der Waals surface area contributed by atoms with Crippen LogP contribution >= 0.6 is 11.3 Å². The summed E-state index contributed by atoms with van der Waals surface area (Å²) in [5, 5.41) is 8.17. The number of benzene rings is 1. The van der Waals surface area contributed by atoms with Gasteiger partial charge in [0.05, 0.1) is 16.6 Å². The molecule has 0 fully saturated rings. The van der Waals surface area contributed by atoms with Gasteiger partial charge in [-0.15, -0.1) is 11.3 Å². The number of carbonyl (C=O) groups excluding carboxylic acids is 1. The summed E-state index contributed by atoms with van der Waals surface area (Å²) in [6, 6.07) is 12.4. The van der Waals surface area contributed by atoms with Gasteiger partial charge in [-0.05, 0) is 23.9 Å². The van der Waals surface area contributed by atoms with Crippen molar-refractivity contribution in [2.24, 2.45) is 5.10 Å². The van der Waals surface area contributed by atoms with Crippen LogP contribution in [0.4, 0.5) is 0 Å². The molecule has 0 aliphatic carbocycles. The highest BCUT2D eigenvalue weighted by atomic mass is 32.1. The first-order valence-corrected chi connectivity index (χ1v) is 7.51. The van der Waals surface area contributed by atoms with Gasteiger partial charge in [0.25, 0.3) is 0 Å². The maximum absolute atomic E-state index is 11.8. The number of aryl methyl sites for hydroxylation is 1. The topological polar surface area (TPSA) is 32.7 Å². The van der Waals surface area contributed by atoms with Crippen LogP contribution in [0.2, 0.25) is 0 Å². The van der Waals surface area contributed by atoms with E-state index in [1.54, 1.807) is 23.3 Å². The number of hydrogen-bond acceptors (Lipinski definition) is 3. The molecule has 2 aromatic rings. The summed E-state index contributed by atoms with van der Waals surface area (Å²) >= 11 is 1.66. The molecule has 1 amide bonds. The van der Waals surface area contributed by atoms with E-state index in [1.165, 1.54) is 5.56 Å². The number of amides is 1. The van der Waals surface area contributed by atoms with Gasteiger partial charge in [-0.25, -0.2) is 5.01 Å². The quantitative estimate of drug-likeness (QED) is 0.826. The Bertz CT molecular complexity index is 644. The minimum atomic E-state index is -0.0119. The van der Waals surface area contributed by atoms with E-state index in [2.05, 4.69) is 42.4 Å². The standard InChI is InChI=1S/C16H16N2OS/c1-11-5-7-13(8-6-11)15-10-14(16-4-3-9-20-16)17-18(15)12(2)19/h3-9,15H,10H2,1-2H3. The van der Waals surface area contributed by atoms with E-state index in [1.807, 2.05) is 11.4 Å². The second kappa shape index (κ2) is 5.21. The van der Waals surface area contributed by atoms with E-state index in [0.717, 1.165) is 22.6 Å². The van der Waals surface area contributed by atoms with Crippen molar-refractivity contribution >= 4 is 23.0 Å². The summed E-state index contributed by atoms with van der Waals surface area (Å²) in [6.07, 6.45) is 0.781. The lowest BCUT2D eigenvalue weighted by Gasteiger charge is -2.20. The number of rotatable bonds is 2. The van der Waals surface area contributed by atoms with Crippen LogP contribution in [-0.4, -0.2) is 16.6 Å². The number of nitrogens with zero attached hydrogens (tertiary/aromatic N) is 2. The van der Waals surface area contributed by atoms with Crippen LogP contribution in [0.1, 0.15) is 35.4 Å². The number of carbonyl (C=O) groups is 1. The Morgan fingerprint density at radius 2 is 2.05 bits per heavy atom. The molecule has 3 rings (SSSR count). The Balaban J connectivity index is 1.93. The molecular weight excluding hydrogens is 268 g/mol. The Hall–Kier alpha value is -1.94. The van der Waals surface area contributed by atoms with Crippen LogP contribution in [0.5, 0.6) is 0 Å². The minimum Gasteiger partial charge on any atom is -0.273 e. The van der Waals surface area contributed by atoms with Crippen molar-refractivity contribution in [3.8, 4) is 0 Å². The van der Waals surface area contributed by atoms with Crippen molar-refractivity contribution in [2.75, 3.05) is 0 Å². The van der Waals surface area contributed by atoms with E-state index in [0.29, 0.717) is 0 Å². The molecule has 0 spiro atoms. The van der Waals surface area contributed by atoms with Crippen LogP contribution in [0, 0.1) is 6.92 Å². The van der Waals surface area contributed by atoms with Crippen LogP contribution in [-0.2, 0) is 4.79 Å². The minimum absolute atomic E-state index is 0.0119. The second-order valence-electron chi connectivity index (χ2n) is 5.02. The Labute approximate surface area is 122 Å². The third kappa shape index (κ3) is 2.39. The van der Waals surface area contributed by atoms with Crippen LogP contribution in [0.3, 0.4) is 0 Å². The molecule has 2 heterocycles. The fourth-order valence-corrected chi connectivity index (χ4v) is 3.16. The van der Waals surface area contributed by atoms with Crippen molar-refractivity contribution in [1.29, 1.82) is 0 Å². The van der Waals surface area contributed by atoms with Crippen molar-refractivity contribution in [3.05, 3.63) is 57.8 Å². The van der Waals surface area contributed by atoms with Crippen LogP contribution < -0.4 is 0 Å². The highest BCUT2D eigenvalue weighted by Crippen LogP contribution is 2.33. The second-order valence-corrected chi connectivity index (χ2v) is 5.97. The molecule has 0 N–H and O–H groups in total. The molecule has 0 bridgehead atoms. The Kier molecular flexibility index (Phi) is 3.40. The number of thiophene rings is 1. The summed E-state index contributed by atoms with van der Waals surface area (Å²) in [6.45, 7) is 3.64. The van der Waals surface area contributed by atoms with Crippen molar-refractivity contribution < 1.29 is 4.79 Å². The zero-order valence-corrected chi connectivity index (χ0v) is 12.4. The maximum Gasteiger partial charge on any atom is 0.240 e. The van der Waals surface area contributed by atoms with Gasteiger partial charge in [0.2, 0.25) is 5.91 Å². The van der Waals surface area contributed by atoms with Gasteiger partial charge < -0.3 is 0 Å². The van der Waals surface area contributed by atoms with E-state index < -0.39 is 0 Å². The molecule has 20 heavy (non-hydrogen) atoms. The van der Waals surface area contributed by atoms with Gasteiger partial charge >= 0.3 is 0 Å². The Morgan fingerprint density at radius 3 is 2.65 bits per heavy atom.